The third kappa shape index (κ3) is 4.30. The van der Waals surface area contributed by atoms with Crippen LogP contribution in [0.25, 0.3) is 0 Å². The summed E-state index contributed by atoms with van der Waals surface area (Å²) in [5, 5.41) is 0. The molecule has 0 aromatic carbocycles. The number of guanidine groups is 1. The first-order valence-corrected chi connectivity index (χ1v) is 8.29. The lowest BCUT2D eigenvalue weighted by molar-refractivity contribution is 0.384. The number of pyridine rings is 1. The SMILES string of the molecule is NC(N)=NCCS(=O)(=O)N1CCN(c2ccccn2)CC1. The van der Waals surface area contributed by atoms with Gasteiger partial charge in [-0.15, -0.1) is 0 Å². The summed E-state index contributed by atoms with van der Waals surface area (Å²) in [5.74, 6) is 0.703. The van der Waals surface area contributed by atoms with Crippen LogP contribution in [0.5, 0.6) is 0 Å². The summed E-state index contributed by atoms with van der Waals surface area (Å²) in [6, 6.07) is 5.69. The summed E-state index contributed by atoms with van der Waals surface area (Å²) in [6.45, 7) is 2.23. The van der Waals surface area contributed by atoms with Gasteiger partial charge in [0.15, 0.2) is 5.96 Å². The van der Waals surface area contributed by atoms with Crippen molar-refractivity contribution in [3.63, 3.8) is 0 Å². The second kappa shape index (κ2) is 6.72. The second-order valence-corrected chi connectivity index (χ2v) is 6.79. The molecule has 116 valence electrons. The standard InChI is InChI=1S/C12H20N6O2S/c13-12(14)16-5-10-21(19,20)18-8-6-17(7-9-18)11-3-1-2-4-15-11/h1-4H,5-10H2,(H4,13,14,16). The average molecular weight is 312 g/mol. The molecule has 0 spiro atoms. The maximum Gasteiger partial charge on any atom is 0.216 e. The van der Waals surface area contributed by atoms with E-state index in [0.29, 0.717) is 26.2 Å². The molecule has 2 rings (SSSR count). The van der Waals surface area contributed by atoms with Crippen molar-refractivity contribution < 1.29 is 8.42 Å². The van der Waals surface area contributed by atoms with E-state index in [2.05, 4.69) is 14.9 Å². The third-order valence-electron chi connectivity index (χ3n) is 3.25. The van der Waals surface area contributed by atoms with Gasteiger partial charge in [-0.05, 0) is 12.1 Å². The van der Waals surface area contributed by atoms with Crippen molar-refractivity contribution in [1.29, 1.82) is 0 Å². The van der Waals surface area contributed by atoms with E-state index in [1.54, 1.807) is 6.20 Å². The number of hydrogen-bond acceptors (Lipinski definition) is 5. The maximum atomic E-state index is 12.2. The van der Waals surface area contributed by atoms with Crippen LogP contribution in [0.15, 0.2) is 29.4 Å². The van der Waals surface area contributed by atoms with Crippen molar-refractivity contribution in [2.75, 3.05) is 43.4 Å². The molecule has 1 saturated heterocycles. The highest BCUT2D eigenvalue weighted by atomic mass is 32.2. The Morgan fingerprint density at radius 1 is 1.24 bits per heavy atom. The van der Waals surface area contributed by atoms with Gasteiger partial charge >= 0.3 is 0 Å². The smallest absolute Gasteiger partial charge is 0.216 e. The number of aliphatic imine (C=N–C) groups is 1. The van der Waals surface area contributed by atoms with Gasteiger partial charge in [0.25, 0.3) is 0 Å². The van der Waals surface area contributed by atoms with Gasteiger partial charge in [0.2, 0.25) is 10.0 Å². The van der Waals surface area contributed by atoms with Crippen LogP contribution >= 0.6 is 0 Å². The molecular formula is C12H20N6O2S. The second-order valence-electron chi connectivity index (χ2n) is 4.70. The van der Waals surface area contributed by atoms with E-state index < -0.39 is 10.0 Å². The van der Waals surface area contributed by atoms with Crippen LogP contribution in [-0.4, -0.2) is 62.1 Å². The minimum absolute atomic E-state index is 0.0749. The Bertz CT molecular complexity index is 577. The zero-order valence-corrected chi connectivity index (χ0v) is 12.5. The molecule has 8 nitrogen and oxygen atoms in total. The van der Waals surface area contributed by atoms with Gasteiger partial charge in [-0.3, -0.25) is 4.99 Å². The molecule has 21 heavy (non-hydrogen) atoms. The first-order chi connectivity index (χ1) is 9.99. The van der Waals surface area contributed by atoms with Crippen LogP contribution in [0.2, 0.25) is 0 Å². The van der Waals surface area contributed by atoms with Crippen molar-refractivity contribution in [2.24, 2.45) is 16.5 Å². The molecular weight excluding hydrogens is 292 g/mol. The van der Waals surface area contributed by atoms with Crippen LogP contribution in [0.4, 0.5) is 5.82 Å². The summed E-state index contributed by atoms with van der Waals surface area (Å²) < 4.78 is 25.8. The van der Waals surface area contributed by atoms with E-state index in [1.165, 1.54) is 4.31 Å². The lowest BCUT2D eigenvalue weighted by Crippen LogP contribution is -2.49. The number of nitrogens with two attached hydrogens (primary N) is 2. The molecule has 2 heterocycles. The minimum Gasteiger partial charge on any atom is -0.370 e. The van der Waals surface area contributed by atoms with Crippen molar-refractivity contribution in [2.45, 2.75) is 0 Å². The summed E-state index contributed by atoms with van der Waals surface area (Å²) in [7, 11) is -3.32. The fourth-order valence-corrected chi connectivity index (χ4v) is 3.46. The van der Waals surface area contributed by atoms with Gasteiger partial charge < -0.3 is 16.4 Å². The highest BCUT2D eigenvalue weighted by Crippen LogP contribution is 2.14. The molecule has 1 aromatic rings. The van der Waals surface area contributed by atoms with E-state index in [9.17, 15) is 8.42 Å². The predicted octanol–water partition coefficient (Wildman–Crippen LogP) is -1.19. The number of aromatic nitrogens is 1. The normalized spacial score (nSPS) is 16.7. The molecule has 9 heteroatoms. The summed E-state index contributed by atoms with van der Waals surface area (Å²) in [5.41, 5.74) is 10.4. The van der Waals surface area contributed by atoms with Crippen LogP contribution in [-0.2, 0) is 10.0 Å². The van der Waals surface area contributed by atoms with E-state index >= 15 is 0 Å². The largest absolute Gasteiger partial charge is 0.370 e. The Morgan fingerprint density at radius 2 is 1.95 bits per heavy atom. The number of anilines is 1. The average Bonchev–Trinajstić information content (AvgIpc) is 2.48. The van der Waals surface area contributed by atoms with Crippen molar-refractivity contribution in [3.05, 3.63) is 24.4 Å². The Hall–Kier alpha value is -1.87. The van der Waals surface area contributed by atoms with E-state index in [-0.39, 0.29) is 18.3 Å². The van der Waals surface area contributed by atoms with Gasteiger partial charge in [-0.1, -0.05) is 6.07 Å². The highest BCUT2D eigenvalue weighted by Gasteiger charge is 2.26. The van der Waals surface area contributed by atoms with E-state index in [4.69, 9.17) is 11.5 Å². The Kier molecular flexibility index (Phi) is 4.97. The number of sulfonamides is 1. The molecule has 1 fully saturated rings. The van der Waals surface area contributed by atoms with Gasteiger partial charge in [0, 0.05) is 32.4 Å². The Morgan fingerprint density at radius 3 is 2.52 bits per heavy atom. The zero-order valence-electron chi connectivity index (χ0n) is 11.7. The first kappa shape index (κ1) is 15.5. The molecule has 0 amide bonds. The van der Waals surface area contributed by atoms with Crippen LogP contribution < -0.4 is 16.4 Å². The van der Waals surface area contributed by atoms with Crippen LogP contribution in [0.3, 0.4) is 0 Å². The molecule has 4 N–H and O–H groups in total. The Balaban J connectivity index is 1.90. The molecule has 1 aromatic heterocycles. The summed E-state index contributed by atoms with van der Waals surface area (Å²) in [4.78, 5) is 10.1. The van der Waals surface area contributed by atoms with Crippen LogP contribution in [0.1, 0.15) is 0 Å². The van der Waals surface area contributed by atoms with Gasteiger partial charge in [-0.25, -0.2) is 13.4 Å². The number of nitrogens with zero attached hydrogens (tertiary/aromatic N) is 4. The molecule has 0 unspecified atom stereocenters. The van der Waals surface area contributed by atoms with Crippen molar-refractivity contribution >= 4 is 21.8 Å². The van der Waals surface area contributed by atoms with Gasteiger partial charge in [0.1, 0.15) is 5.82 Å². The monoisotopic (exact) mass is 312 g/mol. The van der Waals surface area contributed by atoms with Gasteiger partial charge in [-0.2, -0.15) is 4.31 Å². The molecule has 0 aliphatic carbocycles. The molecule has 0 bridgehead atoms. The van der Waals surface area contributed by atoms with Crippen molar-refractivity contribution in [3.8, 4) is 0 Å². The number of hydrogen-bond donors (Lipinski definition) is 2. The summed E-state index contributed by atoms with van der Waals surface area (Å²) >= 11 is 0. The number of rotatable bonds is 5. The summed E-state index contributed by atoms with van der Waals surface area (Å²) in [6.07, 6.45) is 1.73. The van der Waals surface area contributed by atoms with Gasteiger partial charge in [0.05, 0.1) is 12.3 Å². The molecule has 0 radical (unpaired) electrons. The molecule has 1 aliphatic heterocycles. The topological polar surface area (TPSA) is 118 Å². The molecule has 0 saturated carbocycles. The third-order valence-corrected chi connectivity index (χ3v) is 5.10. The lowest BCUT2D eigenvalue weighted by atomic mass is 10.3. The highest BCUT2D eigenvalue weighted by molar-refractivity contribution is 7.89. The number of piperazine rings is 1. The molecule has 1 aliphatic rings. The quantitative estimate of drug-likeness (QED) is 0.521. The Labute approximate surface area is 124 Å². The fourth-order valence-electron chi connectivity index (χ4n) is 2.16. The first-order valence-electron chi connectivity index (χ1n) is 6.68. The zero-order chi connectivity index (χ0) is 15.3. The van der Waals surface area contributed by atoms with Crippen molar-refractivity contribution in [1.82, 2.24) is 9.29 Å². The molecule has 0 atom stereocenters. The van der Waals surface area contributed by atoms with Crippen LogP contribution in [0, 0.1) is 0 Å². The lowest BCUT2D eigenvalue weighted by Gasteiger charge is -2.34. The predicted molar refractivity (Wildman–Crippen MR) is 82.5 cm³/mol. The minimum atomic E-state index is -3.32. The fraction of sp³-hybridized carbons (Fsp3) is 0.500. The van der Waals surface area contributed by atoms with E-state index in [0.717, 1.165) is 5.82 Å². The maximum absolute atomic E-state index is 12.2. The van der Waals surface area contributed by atoms with E-state index in [1.807, 2.05) is 18.2 Å².